The van der Waals surface area contributed by atoms with E-state index in [0.717, 1.165) is 44.9 Å². The fourth-order valence-corrected chi connectivity index (χ4v) is 13.8. The van der Waals surface area contributed by atoms with Crippen molar-refractivity contribution in [2.75, 3.05) is 13.2 Å². The number of ether oxygens (including phenoxy) is 1. The smallest absolute Gasteiger partial charge is 0.305 e. The Hall–Kier alpha value is -1.66. The third-order valence-corrected chi connectivity index (χ3v) is 20.3. The van der Waals surface area contributed by atoms with Crippen LogP contribution in [0.4, 0.5) is 0 Å². The predicted octanol–water partition coefficient (Wildman–Crippen LogP) is 28.4. The van der Waals surface area contributed by atoms with Gasteiger partial charge in [-0.05, 0) is 57.8 Å². The fraction of sp³-hybridized carbons (Fsp3) is 0.930. The maximum atomic E-state index is 12.6. The first-order valence-corrected chi connectivity index (χ1v) is 42.6. The van der Waals surface area contributed by atoms with Crippen molar-refractivity contribution in [3.8, 4) is 0 Å². The van der Waals surface area contributed by atoms with Gasteiger partial charge in [0.15, 0.2) is 0 Å². The molecule has 0 heterocycles. The Morgan fingerprint density at radius 3 is 0.826 bits per heavy atom. The van der Waals surface area contributed by atoms with Crippen molar-refractivity contribution >= 4 is 11.9 Å². The molecule has 0 saturated heterocycles. The van der Waals surface area contributed by atoms with Crippen LogP contribution < -0.4 is 5.32 Å². The van der Waals surface area contributed by atoms with Crippen LogP contribution in [0.3, 0.4) is 0 Å². The number of unbranched alkanes of at least 4 members (excludes halogenated alkanes) is 66. The lowest BCUT2D eigenvalue weighted by molar-refractivity contribution is -0.143. The molecule has 0 bridgehead atoms. The summed E-state index contributed by atoms with van der Waals surface area (Å²) in [5.41, 5.74) is 0. The van der Waals surface area contributed by atoms with Gasteiger partial charge in [-0.25, -0.2) is 0 Å². The highest BCUT2D eigenvalue weighted by Crippen LogP contribution is 2.21. The van der Waals surface area contributed by atoms with Crippen molar-refractivity contribution in [1.29, 1.82) is 0 Å². The molecule has 6 nitrogen and oxygen atoms in total. The summed E-state index contributed by atoms with van der Waals surface area (Å²) < 4.78 is 5.51. The van der Waals surface area contributed by atoms with Gasteiger partial charge in [0.2, 0.25) is 5.91 Å². The summed E-state index contributed by atoms with van der Waals surface area (Å²) in [4.78, 5) is 24.7. The predicted molar refractivity (Wildman–Crippen MR) is 407 cm³/mol. The van der Waals surface area contributed by atoms with Crippen LogP contribution in [-0.4, -0.2) is 47.4 Å². The molecule has 0 rings (SSSR count). The zero-order valence-electron chi connectivity index (χ0n) is 62.8. The van der Waals surface area contributed by atoms with Crippen molar-refractivity contribution in [2.45, 2.75) is 501 Å². The molecule has 92 heavy (non-hydrogen) atoms. The standard InChI is InChI=1S/C86H167NO5/c1-3-5-7-9-11-13-15-17-19-20-21-41-44-47-51-54-58-62-66-70-74-78-84(89)83(82-88)87-85(90)79-75-71-67-63-59-55-52-48-45-42-39-37-35-33-31-29-27-25-23-22-24-26-28-30-32-34-36-38-40-43-46-49-53-57-61-65-69-73-77-81-92-86(91)80-76-72-68-64-60-56-50-18-16-14-12-10-8-6-4-2/h22-23,26,28,83-84,88-89H,3-21,24-25,27,29-82H2,1-2H3,(H,87,90)/b23-22-,28-26-. The molecule has 2 atom stereocenters. The summed E-state index contributed by atoms with van der Waals surface area (Å²) in [6.07, 6.45) is 106. The van der Waals surface area contributed by atoms with E-state index in [1.54, 1.807) is 0 Å². The van der Waals surface area contributed by atoms with Crippen LogP contribution in [0.2, 0.25) is 0 Å². The Morgan fingerprint density at radius 1 is 0.304 bits per heavy atom. The number of allylic oxidation sites excluding steroid dienone is 4. The number of hydrogen-bond acceptors (Lipinski definition) is 5. The SMILES string of the molecule is CCCCCCCCCCCCCCCCCCCCCCCC(O)C(CO)NC(=O)CCCCCCCCCCCCCCCCCCC/C=C\C/C=C\CCCCCCCCCCCCCCCCCOC(=O)CCCCCCCCCCCCCCCCC. The third kappa shape index (κ3) is 77.3. The van der Waals surface area contributed by atoms with E-state index in [4.69, 9.17) is 4.74 Å². The van der Waals surface area contributed by atoms with Gasteiger partial charge in [0.25, 0.3) is 0 Å². The van der Waals surface area contributed by atoms with E-state index in [2.05, 4.69) is 43.5 Å². The van der Waals surface area contributed by atoms with Crippen LogP contribution >= 0.6 is 0 Å². The normalized spacial score (nSPS) is 12.5. The lowest BCUT2D eigenvalue weighted by Gasteiger charge is -2.22. The van der Waals surface area contributed by atoms with Crippen molar-refractivity contribution in [2.24, 2.45) is 0 Å². The second kappa shape index (κ2) is 81.8. The minimum atomic E-state index is -0.663. The molecule has 0 aliphatic heterocycles. The first kappa shape index (κ1) is 90.3. The molecule has 1 amide bonds. The number of carbonyl (C=O) groups is 2. The Morgan fingerprint density at radius 2 is 0.543 bits per heavy atom. The van der Waals surface area contributed by atoms with E-state index in [1.165, 1.54) is 411 Å². The number of amides is 1. The average Bonchev–Trinajstić information content (AvgIpc) is 3.58. The second-order valence-corrected chi connectivity index (χ2v) is 29.5. The molecule has 2 unspecified atom stereocenters. The third-order valence-electron chi connectivity index (χ3n) is 20.3. The highest BCUT2D eigenvalue weighted by Gasteiger charge is 2.20. The van der Waals surface area contributed by atoms with Gasteiger partial charge in [-0.2, -0.15) is 0 Å². The van der Waals surface area contributed by atoms with Crippen molar-refractivity contribution in [3.63, 3.8) is 0 Å². The van der Waals surface area contributed by atoms with Gasteiger partial charge in [0.1, 0.15) is 0 Å². The lowest BCUT2D eigenvalue weighted by atomic mass is 10.0. The largest absolute Gasteiger partial charge is 0.466 e. The summed E-state index contributed by atoms with van der Waals surface area (Å²) in [6.45, 7) is 5.02. The monoisotopic (exact) mass is 1290 g/mol. The highest BCUT2D eigenvalue weighted by molar-refractivity contribution is 5.76. The molecular formula is C86H167NO5. The van der Waals surface area contributed by atoms with Crippen LogP contribution in [0.5, 0.6) is 0 Å². The summed E-state index contributed by atoms with van der Waals surface area (Å²) in [6, 6.07) is -0.540. The molecule has 0 aromatic heterocycles. The summed E-state index contributed by atoms with van der Waals surface area (Å²) >= 11 is 0. The molecule has 0 aromatic rings. The Kier molecular flexibility index (Phi) is 80.3. The van der Waals surface area contributed by atoms with Crippen molar-refractivity contribution in [1.82, 2.24) is 5.32 Å². The van der Waals surface area contributed by atoms with E-state index in [9.17, 15) is 19.8 Å². The first-order chi connectivity index (χ1) is 45.5. The van der Waals surface area contributed by atoms with Crippen LogP contribution in [-0.2, 0) is 14.3 Å². The van der Waals surface area contributed by atoms with Crippen LogP contribution in [0.25, 0.3) is 0 Å². The molecule has 546 valence electrons. The molecular weight excluding hydrogens is 1130 g/mol. The maximum Gasteiger partial charge on any atom is 0.305 e. The maximum absolute atomic E-state index is 12.6. The van der Waals surface area contributed by atoms with Crippen LogP contribution in [0.15, 0.2) is 24.3 Å². The highest BCUT2D eigenvalue weighted by atomic mass is 16.5. The molecule has 0 spiro atoms. The Bertz CT molecular complexity index is 1450. The molecule has 0 radical (unpaired) electrons. The topological polar surface area (TPSA) is 95.9 Å². The van der Waals surface area contributed by atoms with Crippen molar-refractivity contribution < 1.29 is 24.5 Å². The van der Waals surface area contributed by atoms with Gasteiger partial charge in [-0.15, -0.1) is 0 Å². The van der Waals surface area contributed by atoms with E-state index in [0.29, 0.717) is 25.9 Å². The quantitative estimate of drug-likeness (QED) is 0.0320. The zero-order valence-corrected chi connectivity index (χ0v) is 62.8. The zero-order chi connectivity index (χ0) is 66.3. The van der Waals surface area contributed by atoms with E-state index < -0.39 is 12.1 Å². The van der Waals surface area contributed by atoms with E-state index >= 15 is 0 Å². The number of esters is 1. The van der Waals surface area contributed by atoms with Gasteiger partial charge in [-0.3, -0.25) is 9.59 Å². The molecule has 0 fully saturated rings. The molecule has 0 aromatic carbocycles. The number of carbonyl (C=O) groups excluding carboxylic acids is 2. The van der Waals surface area contributed by atoms with Crippen LogP contribution in [0, 0.1) is 0 Å². The molecule has 0 aliphatic rings. The van der Waals surface area contributed by atoms with E-state index in [-0.39, 0.29) is 18.5 Å². The van der Waals surface area contributed by atoms with E-state index in [1.807, 2.05) is 0 Å². The molecule has 0 aliphatic carbocycles. The van der Waals surface area contributed by atoms with Gasteiger partial charge in [0, 0.05) is 12.8 Å². The van der Waals surface area contributed by atoms with Gasteiger partial charge in [0.05, 0.1) is 25.4 Å². The van der Waals surface area contributed by atoms with Crippen LogP contribution in [0.1, 0.15) is 489 Å². The minimum absolute atomic E-state index is 0.0244. The summed E-state index contributed by atoms with van der Waals surface area (Å²) in [5.74, 6) is -0.00188. The molecule has 6 heteroatoms. The minimum Gasteiger partial charge on any atom is -0.466 e. The fourth-order valence-electron chi connectivity index (χ4n) is 13.8. The Balaban J connectivity index is 3.34. The lowest BCUT2D eigenvalue weighted by Crippen LogP contribution is -2.45. The number of aliphatic hydroxyl groups excluding tert-OH is 2. The number of rotatable bonds is 81. The van der Waals surface area contributed by atoms with Gasteiger partial charge >= 0.3 is 5.97 Å². The van der Waals surface area contributed by atoms with Gasteiger partial charge in [-0.1, -0.05) is 443 Å². The molecule has 0 saturated carbocycles. The second-order valence-electron chi connectivity index (χ2n) is 29.5. The number of hydrogen-bond donors (Lipinski definition) is 3. The first-order valence-electron chi connectivity index (χ1n) is 42.6. The summed E-state index contributed by atoms with van der Waals surface area (Å²) in [5, 5.41) is 23.5. The average molecular weight is 1300 g/mol. The Labute approximate surface area is 577 Å². The van der Waals surface area contributed by atoms with Gasteiger partial charge < -0.3 is 20.3 Å². The molecule has 3 N–H and O–H groups in total. The van der Waals surface area contributed by atoms with Crippen molar-refractivity contribution in [3.05, 3.63) is 24.3 Å². The number of nitrogens with one attached hydrogen (secondary N) is 1. The summed E-state index contributed by atoms with van der Waals surface area (Å²) in [7, 11) is 0. The number of aliphatic hydroxyl groups is 2.